The standard InChI is InChI=1S/C14H17NO2/c1-15-8-4-6-12(15)10-14(16)11-5-3-7-13(9-11)17-2/h3,5,7,9-10H,4,6,8H2,1-2H3/b12-10+. The Morgan fingerprint density at radius 1 is 1.47 bits per heavy atom. The maximum absolute atomic E-state index is 12.1. The van der Waals surface area contributed by atoms with Gasteiger partial charge in [0.15, 0.2) is 5.78 Å². The van der Waals surface area contributed by atoms with Gasteiger partial charge >= 0.3 is 0 Å². The lowest BCUT2D eigenvalue weighted by Crippen LogP contribution is -2.11. The molecule has 1 fully saturated rings. The molecule has 0 saturated carbocycles. The fourth-order valence-electron chi connectivity index (χ4n) is 2.03. The van der Waals surface area contributed by atoms with Crippen LogP contribution >= 0.6 is 0 Å². The Kier molecular flexibility index (Phi) is 3.47. The van der Waals surface area contributed by atoms with E-state index in [1.165, 1.54) is 0 Å². The number of allylic oxidation sites excluding steroid dienone is 2. The van der Waals surface area contributed by atoms with Crippen LogP contribution in [0.25, 0.3) is 0 Å². The number of hydrogen-bond acceptors (Lipinski definition) is 3. The van der Waals surface area contributed by atoms with E-state index in [0.29, 0.717) is 11.3 Å². The average molecular weight is 231 g/mol. The third-order valence-corrected chi connectivity index (χ3v) is 3.07. The molecule has 90 valence electrons. The van der Waals surface area contributed by atoms with Gasteiger partial charge in [0.1, 0.15) is 5.75 Å². The second-order valence-electron chi connectivity index (χ2n) is 4.26. The first-order valence-electron chi connectivity index (χ1n) is 5.81. The van der Waals surface area contributed by atoms with Crippen LogP contribution in [0.1, 0.15) is 23.2 Å². The predicted octanol–water partition coefficient (Wildman–Crippen LogP) is 2.49. The van der Waals surface area contributed by atoms with Crippen LogP contribution in [0.15, 0.2) is 36.0 Å². The zero-order chi connectivity index (χ0) is 12.3. The summed E-state index contributed by atoms with van der Waals surface area (Å²) < 4.78 is 5.11. The maximum atomic E-state index is 12.1. The number of ketones is 1. The van der Waals surface area contributed by atoms with Crippen LogP contribution in [-0.4, -0.2) is 31.4 Å². The molecule has 0 radical (unpaired) electrons. The van der Waals surface area contributed by atoms with Gasteiger partial charge in [-0.25, -0.2) is 0 Å². The van der Waals surface area contributed by atoms with E-state index in [9.17, 15) is 4.79 Å². The smallest absolute Gasteiger partial charge is 0.187 e. The Morgan fingerprint density at radius 2 is 2.29 bits per heavy atom. The molecule has 17 heavy (non-hydrogen) atoms. The number of benzene rings is 1. The number of carbonyl (C=O) groups excluding carboxylic acids is 1. The van der Waals surface area contributed by atoms with Gasteiger partial charge in [0.05, 0.1) is 7.11 Å². The van der Waals surface area contributed by atoms with E-state index in [1.54, 1.807) is 19.3 Å². The van der Waals surface area contributed by atoms with Crippen LogP contribution in [0.2, 0.25) is 0 Å². The first kappa shape index (κ1) is 11.7. The van der Waals surface area contributed by atoms with Crippen molar-refractivity contribution >= 4 is 5.78 Å². The number of methoxy groups -OCH3 is 1. The van der Waals surface area contributed by atoms with E-state index in [1.807, 2.05) is 25.2 Å². The summed E-state index contributed by atoms with van der Waals surface area (Å²) in [6, 6.07) is 7.26. The first-order chi connectivity index (χ1) is 8.20. The summed E-state index contributed by atoms with van der Waals surface area (Å²) in [5.41, 5.74) is 1.80. The van der Waals surface area contributed by atoms with Crippen LogP contribution in [0.4, 0.5) is 0 Å². The van der Waals surface area contributed by atoms with E-state index in [4.69, 9.17) is 4.74 Å². The molecule has 1 aliphatic rings. The highest BCUT2D eigenvalue weighted by molar-refractivity contribution is 6.05. The van der Waals surface area contributed by atoms with Crippen LogP contribution in [0.5, 0.6) is 5.75 Å². The Hall–Kier alpha value is -1.77. The van der Waals surface area contributed by atoms with Gasteiger partial charge in [-0.3, -0.25) is 4.79 Å². The molecule has 0 aliphatic carbocycles. The molecule has 0 bridgehead atoms. The normalized spacial score (nSPS) is 17.5. The summed E-state index contributed by atoms with van der Waals surface area (Å²) >= 11 is 0. The molecular weight excluding hydrogens is 214 g/mol. The van der Waals surface area contributed by atoms with Crippen LogP contribution in [0.3, 0.4) is 0 Å². The summed E-state index contributed by atoms with van der Waals surface area (Å²) in [6.07, 6.45) is 3.86. The number of carbonyl (C=O) groups is 1. The van der Waals surface area contributed by atoms with Crippen molar-refractivity contribution in [2.45, 2.75) is 12.8 Å². The van der Waals surface area contributed by atoms with E-state index < -0.39 is 0 Å². The van der Waals surface area contributed by atoms with Gasteiger partial charge in [-0.05, 0) is 25.0 Å². The Bertz CT molecular complexity index is 451. The fourth-order valence-corrected chi connectivity index (χ4v) is 2.03. The van der Waals surface area contributed by atoms with E-state index in [2.05, 4.69) is 4.90 Å². The van der Waals surface area contributed by atoms with E-state index in [0.717, 1.165) is 25.1 Å². The van der Waals surface area contributed by atoms with Gasteiger partial charge in [-0.15, -0.1) is 0 Å². The molecule has 0 N–H and O–H groups in total. The molecule has 1 heterocycles. The van der Waals surface area contributed by atoms with Gasteiger partial charge in [0, 0.05) is 30.9 Å². The lowest BCUT2D eigenvalue weighted by molar-refractivity contribution is 0.104. The van der Waals surface area contributed by atoms with Crippen molar-refractivity contribution in [1.29, 1.82) is 0 Å². The lowest BCUT2D eigenvalue weighted by atomic mass is 10.1. The number of ether oxygens (including phenoxy) is 1. The summed E-state index contributed by atoms with van der Waals surface area (Å²) in [7, 11) is 3.63. The second kappa shape index (κ2) is 5.04. The zero-order valence-electron chi connectivity index (χ0n) is 10.3. The van der Waals surface area contributed by atoms with Crippen molar-refractivity contribution in [1.82, 2.24) is 4.90 Å². The Morgan fingerprint density at radius 3 is 2.94 bits per heavy atom. The van der Waals surface area contributed by atoms with E-state index in [-0.39, 0.29) is 5.78 Å². The molecule has 2 rings (SSSR count). The van der Waals surface area contributed by atoms with Crippen molar-refractivity contribution in [3.05, 3.63) is 41.6 Å². The molecule has 1 saturated heterocycles. The minimum absolute atomic E-state index is 0.0488. The van der Waals surface area contributed by atoms with Crippen molar-refractivity contribution in [2.24, 2.45) is 0 Å². The van der Waals surface area contributed by atoms with Gasteiger partial charge in [0.2, 0.25) is 0 Å². The van der Waals surface area contributed by atoms with Crippen molar-refractivity contribution in [3.8, 4) is 5.75 Å². The first-order valence-corrected chi connectivity index (χ1v) is 5.81. The monoisotopic (exact) mass is 231 g/mol. The third kappa shape index (κ3) is 2.67. The molecule has 1 aliphatic heterocycles. The van der Waals surface area contributed by atoms with Crippen molar-refractivity contribution in [2.75, 3.05) is 20.7 Å². The fraction of sp³-hybridized carbons (Fsp3) is 0.357. The average Bonchev–Trinajstić information content (AvgIpc) is 2.75. The SMILES string of the molecule is COc1cccc(C(=O)/C=C2\CCCN2C)c1. The van der Waals surface area contributed by atoms with Crippen LogP contribution < -0.4 is 4.74 Å². The molecule has 0 spiro atoms. The van der Waals surface area contributed by atoms with Gasteiger partial charge in [-0.2, -0.15) is 0 Å². The molecule has 0 unspecified atom stereocenters. The zero-order valence-corrected chi connectivity index (χ0v) is 10.3. The van der Waals surface area contributed by atoms with E-state index >= 15 is 0 Å². The molecule has 3 nitrogen and oxygen atoms in total. The van der Waals surface area contributed by atoms with Gasteiger partial charge in [-0.1, -0.05) is 12.1 Å². The number of likely N-dealkylation sites (tertiary alicyclic amines) is 1. The highest BCUT2D eigenvalue weighted by Crippen LogP contribution is 2.20. The summed E-state index contributed by atoms with van der Waals surface area (Å²) in [4.78, 5) is 14.2. The Labute approximate surface area is 102 Å². The third-order valence-electron chi connectivity index (χ3n) is 3.07. The molecular formula is C14H17NO2. The van der Waals surface area contributed by atoms with Crippen LogP contribution in [-0.2, 0) is 0 Å². The minimum atomic E-state index is 0.0488. The highest BCUT2D eigenvalue weighted by Gasteiger charge is 2.14. The summed E-state index contributed by atoms with van der Waals surface area (Å²) in [5, 5.41) is 0. The van der Waals surface area contributed by atoms with Crippen molar-refractivity contribution in [3.63, 3.8) is 0 Å². The molecule has 0 atom stereocenters. The molecule has 1 aromatic rings. The topological polar surface area (TPSA) is 29.5 Å². The highest BCUT2D eigenvalue weighted by atomic mass is 16.5. The number of nitrogens with zero attached hydrogens (tertiary/aromatic N) is 1. The van der Waals surface area contributed by atoms with Gasteiger partial charge < -0.3 is 9.64 Å². The second-order valence-corrected chi connectivity index (χ2v) is 4.26. The maximum Gasteiger partial charge on any atom is 0.187 e. The molecule has 0 aromatic heterocycles. The van der Waals surface area contributed by atoms with Gasteiger partial charge in [0.25, 0.3) is 0 Å². The molecule has 0 amide bonds. The Balaban J connectivity index is 2.19. The summed E-state index contributed by atoms with van der Waals surface area (Å²) in [6.45, 7) is 1.04. The molecule has 3 heteroatoms. The quantitative estimate of drug-likeness (QED) is 0.591. The van der Waals surface area contributed by atoms with Crippen LogP contribution in [0, 0.1) is 0 Å². The molecule has 1 aromatic carbocycles. The largest absolute Gasteiger partial charge is 0.497 e. The summed E-state index contributed by atoms with van der Waals surface area (Å²) in [5.74, 6) is 0.765. The predicted molar refractivity (Wildman–Crippen MR) is 67.3 cm³/mol. The number of rotatable bonds is 3. The van der Waals surface area contributed by atoms with Crippen molar-refractivity contribution < 1.29 is 9.53 Å². The lowest BCUT2D eigenvalue weighted by Gasteiger charge is -2.11. The minimum Gasteiger partial charge on any atom is -0.497 e. The number of hydrogen-bond donors (Lipinski definition) is 0.